The summed E-state index contributed by atoms with van der Waals surface area (Å²) in [7, 11) is -2.23. The lowest BCUT2D eigenvalue weighted by Gasteiger charge is -2.27. The van der Waals surface area contributed by atoms with Crippen LogP contribution in [0.2, 0.25) is 12.6 Å². The fourth-order valence-corrected chi connectivity index (χ4v) is 5.22. The molecule has 0 radical (unpaired) electrons. The molecule has 0 spiro atoms. The van der Waals surface area contributed by atoms with Crippen LogP contribution in [0.3, 0.4) is 0 Å². The summed E-state index contributed by atoms with van der Waals surface area (Å²) in [6.45, 7) is 7.97. The topological polar surface area (TPSA) is 93.3 Å². The summed E-state index contributed by atoms with van der Waals surface area (Å²) in [5, 5.41) is 10.1. The average molecular weight is 392 g/mol. The third kappa shape index (κ3) is 5.98. The Balaban J connectivity index is 1.84. The van der Waals surface area contributed by atoms with E-state index in [-0.39, 0.29) is 5.69 Å². The molecule has 1 heterocycles. The Morgan fingerprint density at radius 1 is 1.15 bits per heavy atom. The van der Waals surface area contributed by atoms with Gasteiger partial charge < -0.3 is 14.2 Å². The molecule has 0 unspecified atom stereocenters. The summed E-state index contributed by atoms with van der Waals surface area (Å²) in [5.74, 6) is -1.27. The number of aromatic amines is 1. The van der Waals surface area contributed by atoms with E-state index >= 15 is 0 Å². The first-order valence-corrected chi connectivity index (χ1v) is 12.1. The molecule has 1 aromatic carbocycles. The fourth-order valence-electron chi connectivity index (χ4n) is 2.76. The molecule has 0 aliphatic heterocycles. The number of ketones is 1. The molecule has 1 amide bonds. The molecule has 8 heteroatoms. The van der Waals surface area contributed by atoms with Gasteiger partial charge in [0.15, 0.2) is 0 Å². The molecular formula is C19H29N3O4Si. The van der Waals surface area contributed by atoms with Crippen LogP contribution < -0.4 is 5.32 Å². The average Bonchev–Trinajstić information content (AvgIpc) is 3.11. The zero-order chi connectivity index (χ0) is 19.7. The Hall–Kier alpha value is -2.03. The molecular weight excluding hydrogens is 362 g/mol. The van der Waals surface area contributed by atoms with Crippen LogP contribution >= 0.6 is 0 Å². The summed E-state index contributed by atoms with van der Waals surface area (Å²) in [5.41, 5.74) is 0.886. The number of para-hydroxylation sites is 1. The zero-order valence-electron chi connectivity index (χ0n) is 16.3. The van der Waals surface area contributed by atoms with E-state index in [1.807, 2.05) is 18.2 Å². The van der Waals surface area contributed by atoms with Gasteiger partial charge in [-0.25, -0.2) is 0 Å². The first-order valence-electron chi connectivity index (χ1n) is 9.54. The lowest BCUT2D eigenvalue weighted by Crippen LogP contribution is -2.40. The molecule has 0 aliphatic carbocycles. The highest BCUT2D eigenvalue weighted by molar-refractivity contribution is 6.66. The number of nitrogens with one attached hydrogen (secondary N) is 2. The summed E-state index contributed by atoms with van der Waals surface area (Å²) >= 11 is 0. The molecule has 2 rings (SSSR count). The maximum Gasteiger partial charge on any atom is 0.334 e. The molecule has 2 N–H and O–H groups in total. The van der Waals surface area contributed by atoms with E-state index in [1.165, 1.54) is 0 Å². The monoisotopic (exact) mass is 391 g/mol. The lowest BCUT2D eigenvalue weighted by molar-refractivity contribution is -0.117. The van der Waals surface area contributed by atoms with Crippen LogP contribution in [0.1, 0.15) is 43.6 Å². The van der Waals surface area contributed by atoms with Crippen LogP contribution in [-0.2, 0) is 13.6 Å². The number of rotatable bonds is 12. The van der Waals surface area contributed by atoms with Gasteiger partial charge in [0.1, 0.15) is 5.69 Å². The van der Waals surface area contributed by atoms with E-state index in [9.17, 15) is 9.59 Å². The smallest absolute Gasteiger partial charge is 0.334 e. The second-order valence-corrected chi connectivity index (χ2v) is 9.98. The number of carbonyl (C=O) groups excluding carboxylic acids is 2. The van der Waals surface area contributed by atoms with Crippen LogP contribution in [-0.4, -0.2) is 50.2 Å². The Morgan fingerprint density at radius 3 is 2.48 bits per heavy atom. The van der Waals surface area contributed by atoms with Gasteiger partial charge in [0.2, 0.25) is 0 Å². The Morgan fingerprint density at radius 2 is 1.81 bits per heavy atom. The Labute approximate surface area is 161 Å². The number of amides is 1. The number of hydrogen-bond acceptors (Lipinski definition) is 5. The number of nitrogens with zero attached hydrogens (tertiary/aromatic N) is 1. The molecule has 0 saturated heterocycles. The van der Waals surface area contributed by atoms with Crippen LogP contribution in [0, 0.1) is 0 Å². The SMILES string of the molecule is CCCO[Si](C)(CCCNC(=O)C(=O)c1n[nH]c2ccccc12)OCCC. The molecule has 1 aromatic heterocycles. The minimum atomic E-state index is -2.23. The highest BCUT2D eigenvalue weighted by atomic mass is 28.4. The predicted molar refractivity (Wildman–Crippen MR) is 107 cm³/mol. The van der Waals surface area contributed by atoms with E-state index in [1.54, 1.807) is 6.07 Å². The highest BCUT2D eigenvalue weighted by Crippen LogP contribution is 2.17. The van der Waals surface area contributed by atoms with Crippen molar-refractivity contribution < 1.29 is 18.4 Å². The normalized spacial score (nSPS) is 11.7. The van der Waals surface area contributed by atoms with Crippen molar-refractivity contribution in [3.8, 4) is 0 Å². The van der Waals surface area contributed by atoms with Gasteiger partial charge in [0, 0.05) is 25.1 Å². The second kappa shape index (κ2) is 10.3. The Bertz CT molecular complexity index is 754. The molecule has 0 atom stereocenters. The van der Waals surface area contributed by atoms with E-state index in [2.05, 4.69) is 35.9 Å². The molecule has 0 bridgehead atoms. The van der Waals surface area contributed by atoms with Crippen molar-refractivity contribution in [3.05, 3.63) is 30.0 Å². The third-order valence-corrected chi connectivity index (χ3v) is 7.10. The van der Waals surface area contributed by atoms with E-state index < -0.39 is 20.3 Å². The first kappa shape index (κ1) is 21.3. The van der Waals surface area contributed by atoms with Crippen molar-refractivity contribution in [2.45, 2.75) is 45.7 Å². The largest absolute Gasteiger partial charge is 0.394 e. The number of carbonyl (C=O) groups is 2. The standard InChI is InChI=1S/C19H29N3O4Si/c1-4-12-25-27(3,26-13-5-2)14-8-11-20-19(24)18(23)17-15-9-6-7-10-16(15)21-22-17/h6-7,9-10H,4-5,8,11-14H2,1-3H3,(H,20,24)(H,21,22). The van der Waals surface area contributed by atoms with E-state index in [0.29, 0.717) is 31.6 Å². The van der Waals surface area contributed by atoms with Crippen molar-refractivity contribution in [3.63, 3.8) is 0 Å². The predicted octanol–water partition coefficient (Wildman–Crippen LogP) is 3.18. The molecule has 2 aromatic rings. The number of H-pyrrole nitrogens is 1. The summed E-state index contributed by atoms with van der Waals surface area (Å²) < 4.78 is 11.9. The fraction of sp³-hybridized carbons (Fsp3) is 0.526. The van der Waals surface area contributed by atoms with Crippen molar-refractivity contribution in [1.29, 1.82) is 0 Å². The van der Waals surface area contributed by atoms with Crippen molar-refractivity contribution >= 4 is 31.2 Å². The maximum absolute atomic E-state index is 12.4. The van der Waals surface area contributed by atoms with Crippen molar-refractivity contribution in [1.82, 2.24) is 15.5 Å². The maximum atomic E-state index is 12.4. The molecule has 148 valence electrons. The Kier molecular flexibility index (Phi) is 8.14. The van der Waals surface area contributed by atoms with Gasteiger partial charge >= 0.3 is 8.56 Å². The van der Waals surface area contributed by atoms with Gasteiger partial charge in [-0.1, -0.05) is 32.0 Å². The molecule has 0 aliphatic rings. The van der Waals surface area contributed by atoms with Gasteiger partial charge in [-0.3, -0.25) is 14.7 Å². The van der Waals surface area contributed by atoms with Gasteiger partial charge in [-0.05, 0) is 37.9 Å². The third-order valence-electron chi connectivity index (χ3n) is 4.21. The van der Waals surface area contributed by atoms with Crippen LogP contribution in [0.15, 0.2) is 24.3 Å². The summed E-state index contributed by atoms with van der Waals surface area (Å²) in [6, 6.07) is 8.01. The van der Waals surface area contributed by atoms with E-state index in [0.717, 1.165) is 24.4 Å². The number of aromatic nitrogens is 2. The number of fused-ring (bicyclic) bond motifs is 1. The minimum Gasteiger partial charge on any atom is -0.394 e. The van der Waals surface area contributed by atoms with Gasteiger partial charge in [-0.2, -0.15) is 5.10 Å². The quantitative estimate of drug-likeness (QED) is 0.251. The zero-order valence-corrected chi connectivity index (χ0v) is 17.3. The molecule has 27 heavy (non-hydrogen) atoms. The number of Topliss-reactive ketones (excluding diaryl/α,β-unsaturated/α-hetero) is 1. The first-order chi connectivity index (χ1) is 13.0. The minimum absolute atomic E-state index is 0.153. The van der Waals surface area contributed by atoms with Crippen LogP contribution in [0.5, 0.6) is 0 Å². The number of hydrogen-bond donors (Lipinski definition) is 2. The van der Waals surface area contributed by atoms with Gasteiger partial charge in [0.25, 0.3) is 11.7 Å². The van der Waals surface area contributed by atoms with Crippen LogP contribution in [0.25, 0.3) is 10.9 Å². The van der Waals surface area contributed by atoms with E-state index in [4.69, 9.17) is 8.85 Å². The van der Waals surface area contributed by atoms with Gasteiger partial charge in [-0.15, -0.1) is 0 Å². The summed E-state index contributed by atoms with van der Waals surface area (Å²) in [6.07, 6.45) is 2.60. The number of benzene rings is 1. The molecule has 0 fully saturated rings. The van der Waals surface area contributed by atoms with Gasteiger partial charge in [0.05, 0.1) is 5.52 Å². The summed E-state index contributed by atoms with van der Waals surface area (Å²) in [4.78, 5) is 24.5. The van der Waals surface area contributed by atoms with Crippen molar-refractivity contribution in [2.24, 2.45) is 0 Å². The molecule has 7 nitrogen and oxygen atoms in total. The molecule has 0 saturated carbocycles. The second-order valence-electron chi connectivity index (χ2n) is 6.64. The van der Waals surface area contributed by atoms with Crippen LogP contribution in [0.4, 0.5) is 0 Å². The lowest BCUT2D eigenvalue weighted by atomic mass is 10.1. The van der Waals surface area contributed by atoms with Crippen molar-refractivity contribution in [2.75, 3.05) is 19.8 Å². The highest BCUT2D eigenvalue weighted by Gasteiger charge is 2.30.